The van der Waals surface area contributed by atoms with Crippen molar-refractivity contribution in [1.29, 1.82) is 0 Å². The molecule has 2 N–H and O–H groups in total. The molecule has 0 fully saturated rings. The van der Waals surface area contributed by atoms with E-state index in [1.165, 1.54) is 0 Å². The van der Waals surface area contributed by atoms with E-state index in [9.17, 15) is 0 Å². The number of rotatable bonds is 7. The average molecular weight is 279 g/mol. The van der Waals surface area contributed by atoms with E-state index in [4.69, 9.17) is 0 Å². The van der Waals surface area contributed by atoms with Crippen molar-refractivity contribution in [3.05, 3.63) is 18.6 Å². The van der Waals surface area contributed by atoms with Crippen LogP contribution in [-0.2, 0) is 0 Å². The summed E-state index contributed by atoms with van der Waals surface area (Å²) in [7, 11) is 0. The van der Waals surface area contributed by atoms with Crippen molar-refractivity contribution in [2.24, 2.45) is 0 Å². The van der Waals surface area contributed by atoms with Gasteiger partial charge in [0.25, 0.3) is 0 Å². The summed E-state index contributed by atoms with van der Waals surface area (Å²) in [6.45, 7) is 5.10. The first kappa shape index (κ1) is 14.0. The molecule has 2 rings (SSSR count). The van der Waals surface area contributed by atoms with Gasteiger partial charge in [0.1, 0.15) is 5.82 Å². The van der Waals surface area contributed by atoms with Crippen LogP contribution in [0, 0.1) is 0 Å². The van der Waals surface area contributed by atoms with E-state index in [1.807, 2.05) is 28.6 Å². The molecule has 0 amide bonds. The fourth-order valence-corrected chi connectivity index (χ4v) is 2.48. The lowest BCUT2D eigenvalue weighted by molar-refractivity contribution is 0.767. The summed E-state index contributed by atoms with van der Waals surface area (Å²) >= 11 is 1.86. The Balaban J connectivity index is 2.21. The fraction of sp³-hybridized carbons (Fsp3) is 0.538. The Kier molecular flexibility index (Phi) is 4.90. The number of nitrogens with zero attached hydrogens (tertiary/aromatic N) is 3. The second kappa shape index (κ2) is 6.65. The Bertz CT molecular complexity index is 525. The van der Waals surface area contributed by atoms with Crippen molar-refractivity contribution in [3.63, 3.8) is 0 Å². The highest BCUT2D eigenvalue weighted by molar-refractivity contribution is 7.98. The normalized spacial score (nSPS) is 12.6. The monoisotopic (exact) mass is 279 g/mol. The van der Waals surface area contributed by atoms with Gasteiger partial charge in [-0.1, -0.05) is 0 Å². The van der Waals surface area contributed by atoms with Crippen LogP contribution in [0.3, 0.4) is 0 Å². The summed E-state index contributed by atoms with van der Waals surface area (Å²) in [4.78, 5) is 8.96. The van der Waals surface area contributed by atoms with Crippen LogP contribution in [0.15, 0.2) is 18.6 Å². The molecule has 2 aromatic heterocycles. The van der Waals surface area contributed by atoms with Crippen LogP contribution >= 0.6 is 11.8 Å². The second-order valence-electron chi connectivity index (χ2n) is 4.49. The van der Waals surface area contributed by atoms with Crippen LogP contribution in [0.1, 0.15) is 20.3 Å². The van der Waals surface area contributed by atoms with Gasteiger partial charge in [-0.25, -0.2) is 9.97 Å². The van der Waals surface area contributed by atoms with Crippen molar-refractivity contribution in [1.82, 2.24) is 14.4 Å². The molecule has 19 heavy (non-hydrogen) atoms. The maximum atomic E-state index is 4.60. The molecule has 0 radical (unpaired) electrons. The van der Waals surface area contributed by atoms with Crippen LogP contribution in [0.25, 0.3) is 5.65 Å². The molecular formula is C13H21N5S. The topological polar surface area (TPSA) is 54.2 Å². The number of anilines is 2. The van der Waals surface area contributed by atoms with Crippen molar-refractivity contribution in [2.45, 2.75) is 26.3 Å². The van der Waals surface area contributed by atoms with E-state index in [1.54, 1.807) is 6.20 Å². The number of fused-ring (bicyclic) bond motifs is 1. The Morgan fingerprint density at radius 1 is 1.47 bits per heavy atom. The van der Waals surface area contributed by atoms with Crippen molar-refractivity contribution in [3.8, 4) is 0 Å². The number of thioether (sulfide) groups is 1. The van der Waals surface area contributed by atoms with Crippen molar-refractivity contribution >= 4 is 29.0 Å². The third-order valence-electron chi connectivity index (χ3n) is 2.87. The third-order valence-corrected chi connectivity index (χ3v) is 3.51. The number of hydrogen-bond donors (Lipinski definition) is 2. The highest BCUT2D eigenvalue weighted by Gasteiger charge is 2.10. The number of imidazole rings is 1. The van der Waals surface area contributed by atoms with Crippen LogP contribution < -0.4 is 10.6 Å². The number of nitrogens with one attached hydrogen (secondary N) is 2. The van der Waals surface area contributed by atoms with Gasteiger partial charge >= 0.3 is 0 Å². The first-order valence-electron chi connectivity index (χ1n) is 6.57. The van der Waals surface area contributed by atoms with Gasteiger partial charge in [-0.05, 0) is 32.3 Å². The SMILES string of the molecule is CCNc1cn2ccnc2c(NC(C)CCSC)n1. The fourth-order valence-electron chi connectivity index (χ4n) is 1.89. The highest BCUT2D eigenvalue weighted by Crippen LogP contribution is 2.18. The van der Waals surface area contributed by atoms with Gasteiger partial charge in [-0.2, -0.15) is 11.8 Å². The largest absolute Gasteiger partial charge is 0.369 e. The van der Waals surface area contributed by atoms with Gasteiger partial charge in [-0.3, -0.25) is 0 Å². The summed E-state index contributed by atoms with van der Waals surface area (Å²) < 4.78 is 1.99. The zero-order chi connectivity index (χ0) is 13.7. The summed E-state index contributed by atoms with van der Waals surface area (Å²) in [6.07, 6.45) is 8.94. The molecule has 0 bridgehead atoms. The average Bonchev–Trinajstić information content (AvgIpc) is 2.85. The van der Waals surface area contributed by atoms with E-state index < -0.39 is 0 Å². The number of hydrogen-bond acceptors (Lipinski definition) is 5. The number of aromatic nitrogens is 3. The van der Waals surface area contributed by atoms with Gasteiger partial charge in [0.2, 0.25) is 0 Å². The molecule has 0 saturated heterocycles. The highest BCUT2D eigenvalue weighted by atomic mass is 32.2. The quantitative estimate of drug-likeness (QED) is 0.816. The van der Waals surface area contributed by atoms with Gasteiger partial charge in [0.05, 0.1) is 6.20 Å². The predicted octanol–water partition coefficient (Wildman–Crippen LogP) is 2.71. The lowest BCUT2D eigenvalue weighted by Crippen LogP contribution is -2.18. The smallest absolute Gasteiger partial charge is 0.180 e. The van der Waals surface area contributed by atoms with E-state index in [0.29, 0.717) is 6.04 Å². The molecule has 0 aliphatic carbocycles. The molecule has 1 atom stereocenters. The minimum atomic E-state index is 0.386. The van der Waals surface area contributed by atoms with Crippen molar-refractivity contribution < 1.29 is 0 Å². The van der Waals surface area contributed by atoms with E-state index in [2.05, 4.69) is 40.7 Å². The molecule has 5 nitrogen and oxygen atoms in total. The van der Waals surface area contributed by atoms with Gasteiger partial charge in [-0.15, -0.1) is 0 Å². The Morgan fingerprint density at radius 3 is 3.05 bits per heavy atom. The molecule has 1 unspecified atom stereocenters. The van der Waals surface area contributed by atoms with Crippen LogP contribution in [0.5, 0.6) is 0 Å². The lowest BCUT2D eigenvalue weighted by Gasteiger charge is -2.15. The van der Waals surface area contributed by atoms with Crippen molar-refractivity contribution in [2.75, 3.05) is 29.2 Å². The Hall–Kier alpha value is -1.43. The first-order valence-corrected chi connectivity index (χ1v) is 7.97. The van der Waals surface area contributed by atoms with Crippen LogP contribution in [-0.4, -0.2) is 39.0 Å². The molecule has 0 aliphatic heterocycles. The predicted molar refractivity (Wildman–Crippen MR) is 83.2 cm³/mol. The Morgan fingerprint density at radius 2 is 2.32 bits per heavy atom. The Labute approximate surface area is 118 Å². The summed E-state index contributed by atoms with van der Waals surface area (Å²) in [5, 5.41) is 6.70. The molecule has 0 spiro atoms. The third kappa shape index (κ3) is 3.53. The molecule has 0 aliphatic rings. The maximum Gasteiger partial charge on any atom is 0.180 e. The first-order chi connectivity index (χ1) is 9.24. The molecule has 2 aromatic rings. The van der Waals surface area contributed by atoms with Gasteiger partial charge in [0, 0.05) is 25.0 Å². The van der Waals surface area contributed by atoms with E-state index >= 15 is 0 Å². The molecule has 0 aromatic carbocycles. The lowest BCUT2D eigenvalue weighted by atomic mass is 10.2. The zero-order valence-corrected chi connectivity index (χ0v) is 12.5. The minimum absolute atomic E-state index is 0.386. The van der Waals surface area contributed by atoms with E-state index in [0.717, 1.165) is 36.0 Å². The molecule has 0 saturated carbocycles. The second-order valence-corrected chi connectivity index (χ2v) is 5.48. The molecule has 104 valence electrons. The minimum Gasteiger partial charge on any atom is -0.369 e. The zero-order valence-electron chi connectivity index (χ0n) is 11.7. The molecule has 6 heteroatoms. The standard InChI is InChI=1S/C13H21N5S/c1-4-14-11-9-18-7-6-15-13(18)12(17-11)16-10(2)5-8-19-3/h6-7,9-10,14H,4-5,8H2,1-3H3,(H,16,17). The van der Waals surface area contributed by atoms with Crippen LogP contribution in [0.4, 0.5) is 11.6 Å². The summed E-state index contributed by atoms with van der Waals surface area (Å²) in [5.74, 6) is 2.86. The van der Waals surface area contributed by atoms with Crippen LogP contribution in [0.2, 0.25) is 0 Å². The summed E-state index contributed by atoms with van der Waals surface area (Å²) in [6, 6.07) is 0.386. The van der Waals surface area contributed by atoms with E-state index in [-0.39, 0.29) is 0 Å². The maximum absolute atomic E-state index is 4.60. The summed E-state index contributed by atoms with van der Waals surface area (Å²) in [5.41, 5.74) is 0.873. The van der Waals surface area contributed by atoms with Gasteiger partial charge < -0.3 is 15.0 Å². The molecular weight excluding hydrogens is 258 g/mol. The van der Waals surface area contributed by atoms with Gasteiger partial charge in [0.15, 0.2) is 11.5 Å². The molecule has 2 heterocycles.